The highest BCUT2D eigenvalue weighted by atomic mass is 35.5. The van der Waals surface area contributed by atoms with Crippen molar-refractivity contribution in [2.45, 2.75) is 12.2 Å². The van der Waals surface area contributed by atoms with Gasteiger partial charge in [-0.25, -0.2) is 0 Å². The van der Waals surface area contributed by atoms with Gasteiger partial charge >= 0.3 is 0 Å². The fourth-order valence-corrected chi connectivity index (χ4v) is 1.83. The number of hydrogen-bond acceptors (Lipinski definition) is 4. The Bertz CT molecular complexity index is 403. The van der Waals surface area contributed by atoms with Gasteiger partial charge in [0.1, 0.15) is 0 Å². The van der Waals surface area contributed by atoms with Crippen molar-refractivity contribution in [2.75, 3.05) is 13.1 Å². The van der Waals surface area contributed by atoms with Crippen LogP contribution in [-0.4, -0.2) is 51.3 Å². The maximum absolute atomic E-state index is 11.9. The first-order chi connectivity index (χ1) is 7.59. The molecule has 0 radical (unpaired) electrons. The van der Waals surface area contributed by atoms with Gasteiger partial charge in [0.2, 0.25) is 0 Å². The SMILES string of the molecule is O=C(c1cnccc1Cl)N1C[C@@H](O)[C@@H](O)C1. The molecule has 1 aliphatic heterocycles. The van der Waals surface area contributed by atoms with Crippen LogP contribution in [0.25, 0.3) is 0 Å². The first kappa shape index (κ1) is 11.3. The van der Waals surface area contributed by atoms with Crippen LogP contribution in [0.15, 0.2) is 18.5 Å². The molecule has 5 nitrogen and oxygen atoms in total. The zero-order chi connectivity index (χ0) is 11.7. The Balaban J connectivity index is 2.18. The van der Waals surface area contributed by atoms with Crippen molar-refractivity contribution in [3.8, 4) is 0 Å². The molecule has 2 heterocycles. The van der Waals surface area contributed by atoms with Crippen LogP contribution in [0.5, 0.6) is 0 Å². The Kier molecular flexibility index (Phi) is 3.09. The average Bonchev–Trinajstić information content (AvgIpc) is 2.59. The van der Waals surface area contributed by atoms with Gasteiger partial charge in [0.25, 0.3) is 5.91 Å². The second-order valence-corrected chi connectivity index (χ2v) is 4.11. The van der Waals surface area contributed by atoms with Crippen molar-refractivity contribution in [1.29, 1.82) is 0 Å². The number of carbonyl (C=O) groups excluding carboxylic acids is 1. The fraction of sp³-hybridized carbons (Fsp3) is 0.400. The second-order valence-electron chi connectivity index (χ2n) is 3.70. The summed E-state index contributed by atoms with van der Waals surface area (Å²) in [6.45, 7) is 0.233. The molecule has 6 heteroatoms. The van der Waals surface area contributed by atoms with Crippen LogP contribution >= 0.6 is 11.6 Å². The third-order valence-electron chi connectivity index (χ3n) is 2.54. The molecule has 2 N–H and O–H groups in total. The minimum absolute atomic E-state index is 0.116. The van der Waals surface area contributed by atoms with E-state index in [0.717, 1.165) is 0 Å². The van der Waals surface area contributed by atoms with E-state index in [1.165, 1.54) is 23.4 Å². The van der Waals surface area contributed by atoms with Crippen LogP contribution in [0, 0.1) is 0 Å². The van der Waals surface area contributed by atoms with E-state index in [-0.39, 0.29) is 24.6 Å². The standard InChI is InChI=1S/C10H11ClN2O3/c11-7-1-2-12-3-6(7)10(16)13-4-8(14)9(15)5-13/h1-3,8-9,14-15H,4-5H2/t8-,9+. The van der Waals surface area contributed by atoms with E-state index in [0.29, 0.717) is 5.02 Å². The van der Waals surface area contributed by atoms with E-state index in [1.54, 1.807) is 0 Å². The summed E-state index contributed by atoms with van der Waals surface area (Å²) in [6.07, 6.45) is 1.09. The number of β-amino-alcohol motifs (C(OH)–C–C–N with tert-alkyl or cyclic N) is 2. The molecule has 16 heavy (non-hydrogen) atoms. The molecular formula is C10H11ClN2O3. The maximum Gasteiger partial charge on any atom is 0.257 e. The summed E-state index contributed by atoms with van der Waals surface area (Å²) in [6, 6.07) is 1.53. The lowest BCUT2D eigenvalue weighted by atomic mass is 10.2. The molecule has 0 saturated carbocycles. The molecule has 0 spiro atoms. The Morgan fingerprint density at radius 1 is 1.44 bits per heavy atom. The minimum atomic E-state index is -0.889. The van der Waals surface area contributed by atoms with E-state index in [1.807, 2.05) is 0 Å². The number of carbonyl (C=O) groups is 1. The third kappa shape index (κ3) is 2.02. The summed E-state index contributed by atoms with van der Waals surface area (Å²) in [4.78, 5) is 17.1. The van der Waals surface area contributed by atoms with E-state index in [9.17, 15) is 15.0 Å². The molecule has 0 aliphatic carbocycles. The molecule has 1 amide bonds. The number of aliphatic hydroxyl groups is 2. The number of rotatable bonds is 1. The Labute approximate surface area is 97.3 Å². The highest BCUT2D eigenvalue weighted by molar-refractivity contribution is 6.33. The predicted molar refractivity (Wildman–Crippen MR) is 57.2 cm³/mol. The summed E-state index contributed by atoms with van der Waals surface area (Å²) in [5.74, 6) is -0.325. The Morgan fingerprint density at radius 2 is 2.06 bits per heavy atom. The second kappa shape index (κ2) is 4.37. The largest absolute Gasteiger partial charge is 0.388 e. The molecule has 0 aromatic carbocycles. The number of pyridine rings is 1. The monoisotopic (exact) mass is 242 g/mol. The average molecular weight is 243 g/mol. The summed E-state index contributed by atoms with van der Waals surface area (Å²) in [5, 5.41) is 19.0. The lowest BCUT2D eigenvalue weighted by molar-refractivity contribution is 0.0572. The van der Waals surface area contributed by atoms with E-state index < -0.39 is 12.2 Å². The normalized spacial score (nSPS) is 24.8. The zero-order valence-electron chi connectivity index (χ0n) is 8.38. The quantitative estimate of drug-likeness (QED) is 0.722. The van der Waals surface area contributed by atoms with Crippen molar-refractivity contribution >= 4 is 17.5 Å². The number of hydrogen-bond donors (Lipinski definition) is 2. The molecule has 86 valence electrons. The number of halogens is 1. The molecule has 2 atom stereocenters. The lowest BCUT2D eigenvalue weighted by Gasteiger charge is -2.15. The van der Waals surface area contributed by atoms with Crippen molar-refractivity contribution in [3.05, 3.63) is 29.0 Å². The van der Waals surface area contributed by atoms with Crippen LogP contribution in [0.1, 0.15) is 10.4 Å². The Morgan fingerprint density at radius 3 is 2.62 bits per heavy atom. The zero-order valence-corrected chi connectivity index (χ0v) is 9.13. The van der Waals surface area contributed by atoms with Gasteiger partial charge in [0, 0.05) is 25.5 Å². The number of nitrogens with zero attached hydrogens (tertiary/aromatic N) is 2. The van der Waals surface area contributed by atoms with Crippen molar-refractivity contribution in [3.63, 3.8) is 0 Å². The van der Waals surface area contributed by atoms with Crippen molar-refractivity contribution in [1.82, 2.24) is 9.88 Å². The molecular weight excluding hydrogens is 232 g/mol. The van der Waals surface area contributed by atoms with Gasteiger partial charge in [-0.15, -0.1) is 0 Å². The van der Waals surface area contributed by atoms with Crippen LogP contribution in [0.2, 0.25) is 5.02 Å². The molecule has 1 aliphatic rings. The van der Waals surface area contributed by atoms with E-state index in [4.69, 9.17) is 11.6 Å². The van der Waals surface area contributed by atoms with Gasteiger partial charge in [-0.1, -0.05) is 11.6 Å². The van der Waals surface area contributed by atoms with Gasteiger partial charge in [-0.3, -0.25) is 9.78 Å². The number of aliphatic hydroxyl groups excluding tert-OH is 2. The summed E-state index contributed by atoms with van der Waals surface area (Å²) < 4.78 is 0. The summed E-state index contributed by atoms with van der Waals surface area (Å²) in [5.41, 5.74) is 0.283. The molecule has 1 aromatic rings. The van der Waals surface area contributed by atoms with Crippen molar-refractivity contribution in [2.24, 2.45) is 0 Å². The number of likely N-dealkylation sites (tertiary alicyclic amines) is 1. The number of amides is 1. The molecule has 0 bridgehead atoms. The van der Waals surface area contributed by atoms with Gasteiger partial charge in [-0.05, 0) is 6.07 Å². The van der Waals surface area contributed by atoms with Crippen LogP contribution < -0.4 is 0 Å². The molecule has 1 saturated heterocycles. The van der Waals surface area contributed by atoms with Crippen LogP contribution in [-0.2, 0) is 0 Å². The Hall–Kier alpha value is -1.17. The first-order valence-corrected chi connectivity index (χ1v) is 5.22. The highest BCUT2D eigenvalue weighted by Crippen LogP contribution is 2.19. The van der Waals surface area contributed by atoms with E-state index >= 15 is 0 Å². The smallest absolute Gasteiger partial charge is 0.257 e. The van der Waals surface area contributed by atoms with E-state index in [2.05, 4.69) is 4.98 Å². The maximum atomic E-state index is 11.9. The van der Waals surface area contributed by atoms with Crippen LogP contribution in [0.3, 0.4) is 0 Å². The summed E-state index contributed by atoms with van der Waals surface area (Å²) >= 11 is 5.86. The molecule has 2 rings (SSSR count). The molecule has 0 unspecified atom stereocenters. The predicted octanol–water partition coefficient (Wildman–Crippen LogP) is -0.0874. The van der Waals surface area contributed by atoms with Gasteiger partial charge < -0.3 is 15.1 Å². The van der Waals surface area contributed by atoms with Gasteiger partial charge in [0.05, 0.1) is 22.8 Å². The summed E-state index contributed by atoms with van der Waals surface area (Å²) in [7, 11) is 0. The third-order valence-corrected chi connectivity index (χ3v) is 2.87. The topological polar surface area (TPSA) is 73.7 Å². The number of aromatic nitrogens is 1. The fourth-order valence-electron chi connectivity index (χ4n) is 1.64. The highest BCUT2D eigenvalue weighted by Gasteiger charge is 2.33. The lowest BCUT2D eigenvalue weighted by Crippen LogP contribution is -2.30. The van der Waals surface area contributed by atoms with Gasteiger partial charge in [-0.2, -0.15) is 0 Å². The molecule has 1 aromatic heterocycles. The minimum Gasteiger partial charge on any atom is -0.388 e. The first-order valence-electron chi connectivity index (χ1n) is 4.84. The van der Waals surface area contributed by atoms with Crippen molar-refractivity contribution < 1.29 is 15.0 Å². The van der Waals surface area contributed by atoms with Crippen LogP contribution in [0.4, 0.5) is 0 Å². The van der Waals surface area contributed by atoms with Gasteiger partial charge in [0.15, 0.2) is 0 Å². The molecule has 1 fully saturated rings.